The van der Waals surface area contributed by atoms with Gasteiger partial charge in [-0.2, -0.15) is 0 Å². The Morgan fingerprint density at radius 2 is 1.77 bits per heavy atom. The van der Waals surface area contributed by atoms with Crippen molar-refractivity contribution in [3.05, 3.63) is 25.3 Å². The molecule has 0 aromatic rings. The third kappa shape index (κ3) is 5.05. The van der Waals surface area contributed by atoms with Crippen molar-refractivity contribution in [2.24, 2.45) is 11.8 Å². The highest BCUT2D eigenvalue weighted by atomic mass is 16.5. The van der Waals surface area contributed by atoms with Gasteiger partial charge < -0.3 is 24.5 Å². The summed E-state index contributed by atoms with van der Waals surface area (Å²) in [7, 11) is 0. The monoisotopic (exact) mass is 489 g/mol. The maximum atomic E-state index is 14.0. The molecule has 2 bridgehead atoms. The quantitative estimate of drug-likeness (QED) is 0.282. The van der Waals surface area contributed by atoms with E-state index in [1.807, 2.05) is 6.92 Å². The first-order valence-electron chi connectivity index (χ1n) is 13.3. The molecule has 196 valence electrons. The van der Waals surface area contributed by atoms with Crippen LogP contribution >= 0.6 is 0 Å². The van der Waals surface area contributed by atoms with Crippen molar-refractivity contribution in [2.75, 3.05) is 39.3 Å². The number of fused-ring (bicyclic) bond motifs is 1. The summed E-state index contributed by atoms with van der Waals surface area (Å²) in [5.74, 6) is -1.59. The van der Waals surface area contributed by atoms with Crippen LogP contribution in [-0.4, -0.2) is 94.6 Å². The normalized spacial score (nSPS) is 28.8. The first kappa shape index (κ1) is 27.4. The molecule has 3 aliphatic heterocycles. The van der Waals surface area contributed by atoms with Gasteiger partial charge in [-0.15, -0.1) is 13.2 Å². The molecule has 35 heavy (non-hydrogen) atoms. The second-order valence-corrected chi connectivity index (χ2v) is 10.0. The van der Waals surface area contributed by atoms with Crippen molar-refractivity contribution in [3.63, 3.8) is 0 Å². The average molecular weight is 490 g/mol. The third-order valence-corrected chi connectivity index (χ3v) is 7.72. The molecule has 0 saturated carbocycles. The molecule has 3 heterocycles. The maximum absolute atomic E-state index is 14.0. The number of likely N-dealkylation sites (tertiary alicyclic amines) is 1. The molecule has 1 spiro atoms. The maximum Gasteiger partial charge on any atom is 0.248 e. The predicted molar refractivity (Wildman–Crippen MR) is 134 cm³/mol. The average Bonchev–Trinajstić information content (AvgIpc) is 3.48. The second-order valence-electron chi connectivity index (χ2n) is 10.0. The van der Waals surface area contributed by atoms with Crippen LogP contribution in [0.3, 0.4) is 0 Å². The highest BCUT2D eigenvalue weighted by molar-refractivity contribution is 5.99. The summed E-state index contributed by atoms with van der Waals surface area (Å²) in [4.78, 5) is 46.8. The van der Waals surface area contributed by atoms with E-state index in [9.17, 15) is 19.5 Å². The molecule has 1 N–H and O–H groups in total. The Morgan fingerprint density at radius 3 is 2.37 bits per heavy atom. The van der Waals surface area contributed by atoms with Crippen LogP contribution in [0, 0.1) is 11.8 Å². The zero-order valence-electron chi connectivity index (χ0n) is 21.5. The Bertz CT molecular complexity index is 802. The zero-order valence-corrected chi connectivity index (χ0v) is 21.5. The van der Waals surface area contributed by atoms with Crippen LogP contribution in [-0.2, 0) is 19.1 Å². The minimum absolute atomic E-state index is 0.0293. The number of aliphatic hydroxyl groups excluding tert-OH is 1. The number of carbonyl (C=O) groups is 3. The summed E-state index contributed by atoms with van der Waals surface area (Å²) in [5, 5.41) is 9.31. The van der Waals surface area contributed by atoms with Crippen molar-refractivity contribution in [1.29, 1.82) is 0 Å². The van der Waals surface area contributed by atoms with Gasteiger partial charge in [-0.25, -0.2) is 0 Å². The van der Waals surface area contributed by atoms with Gasteiger partial charge in [0, 0.05) is 39.3 Å². The minimum Gasteiger partial charge on any atom is -0.396 e. The Labute approximate surface area is 210 Å². The molecule has 3 amide bonds. The lowest BCUT2D eigenvalue weighted by Gasteiger charge is -2.37. The molecule has 3 fully saturated rings. The number of ether oxygens (including phenoxy) is 1. The summed E-state index contributed by atoms with van der Waals surface area (Å²) < 4.78 is 6.54. The molecule has 3 aliphatic rings. The number of unbranched alkanes of at least 4 members (excludes halogenated alkanes) is 2. The van der Waals surface area contributed by atoms with Gasteiger partial charge in [0.2, 0.25) is 17.7 Å². The Hall–Kier alpha value is -2.19. The first-order chi connectivity index (χ1) is 16.9. The summed E-state index contributed by atoms with van der Waals surface area (Å²) in [6.07, 6.45) is 8.09. The molecule has 0 radical (unpaired) electrons. The van der Waals surface area contributed by atoms with E-state index in [0.717, 1.165) is 19.3 Å². The number of hydrogen-bond donors (Lipinski definition) is 1. The molecule has 0 aromatic heterocycles. The lowest BCUT2D eigenvalue weighted by atomic mass is 9.70. The van der Waals surface area contributed by atoms with Gasteiger partial charge in [0.25, 0.3) is 0 Å². The number of carbonyl (C=O) groups excluding carboxylic acids is 3. The Kier molecular flexibility index (Phi) is 9.53. The third-order valence-electron chi connectivity index (χ3n) is 7.72. The number of rotatable bonds is 15. The van der Waals surface area contributed by atoms with Crippen LogP contribution in [0.25, 0.3) is 0 Å². The van der Waals surface area contributed by atoms with Gasteiger partial charge in [0.15, 0.2) is 0 Å². The fraction of sp³-hybridized carbons (Fsp3) is 0.741. The minimum atomic E-state index is -0.976. The summed E-state index contributed by atoms with van der Waals surface area (Å²) in [6, 6.07) is -0.752. The van der Waals surface area contributed by atoms with E-state index in [2.05, 4.69) is 20.1 Å². The van der Waals surface area contributed by atoms with E-state index in [-0.39, 0.29) is 30.4 Å². The first-order valence-corrected chi connectivity index (χ1v) is 13.3. The largest absolute Gasteiger partial charge is 0.396 e. The van der Waals surface area contributed by atoms with E-state index in [0.29, 0.717) is 58.4 Å². The van der Waals surface area contributed by atoms with E-state index in [1.54, 1.807) is 26.9 Å². The van der Waals surface area contributed by atoms with Crippen molar-refractivity contribution in [1.82, 2.24) is 14.7 Å². The highest BCUT2D eigenvalue weighted by Gasteiger charge is 2.74. The van der Waals surface area contributed by atoms with Crippen molar-refractivity contribution in [2.45, 2.75) is 76.5 Å². The Balaban J connectivity index is 1.98. The van der Waals surface area contributed by atoms with Crippen LogP contribution in [0.5, 0.6) is 0 Å². The fourth-order valence-corrected chi connectivity index (χ4v) is 6.25. The SMILES string of the molecule is C=CCN(CCCC)C(=O)C1N(CCCCO)C(=O)[C@@H]2[C@@H](C(=O)N(CC=C)CCC)[C@H]3CCC12O3. The van der Waals surface area contributed by atoms with Crippen molar-refractivity contribution in [3.8, 4) is 0 Å². The van der Waals surface area contributed by atoms with Gasteiger partial charge >= 0.3 is 0 Å². The lowest BCUT2D eigenvalue weighted by Crippen LogP contribution is -2.56. The van der Waals surface area contributed by atoms with E-state index < -0.39 is 23.5 Å². The van der Waals surface area contributed by atoms with Crippen LogP contribution in [0.4, 0.5) is 0 Å². The van der Waals surface area contributed by atoms with Gasteiger partial charge in [0.05, 0.1) is 17.9 Å². The second kappa shape index (κ2) is 12.2. The molecule has 3 saturated heterocycles. The number of nitrogens with zero attached hydrogens (tertiary/aromatic N) is 3. The van der Waals surface area contributed by atoms with E-state index in [1.165, 1.54) is 0 Å². The number of amides is 3. The molecule has 5 atom stereocenters. The van der Waals surface area contributed by atoms with Gasteiger partial charge in [-0.1, -0.05) is 32.4 Å². The topological polar surface area (TPSA) is 90.4 Å². The van der Waals surface area contributed by atoms with Crippen molar-refractivity contribution >= 4 is 17.7 Å². The van der Waals surface area contributed by atoms with Crippen LogP contribution < -0.4 is 0 Å². The van der Waals surface area contributed by atoms with Gasteiger partial charge in [-0.3, -0.25) is 14.4 Å². The lowest BCUT2D eigenvalue weighted by molar-refractivity contribution is -0.148. The van der Waals surface area contributed by atoms with Crippen LogP contribution in [0.2, 0.25) is 0 Å². The molecular formula is C27H43N3O5. The van der Waals surface area contributed by atoms with Gasteiger partial charge in [0.1, 0.15) is 11.6 Å². The summed E-state index contributed by atoms with van der Waals surface area (Å²) in [5.41, 5.74) is -0.976. The highest BCUT2D eigenvalue weighted by Crippen LogP contribution is 2.59. The van der Waals surface area contributed by atoms with E-state index >= 15 is 0 Å². The predicted octanol–water partition coefficient (Wildman–Crippen LogP) is 2.37. The van der Waals surface area contributed by atoms with Crippen LogP contribution in [0.15, 0.2) is 25.3 Å². The molecule has 2 unspecified atom stereocenters. The fourth-order valence-electron chi connectivity index (χ4n) is 6.25. The molecule has 0 aromatic carbocycles. The zero-order chi connectivity index (χ0) is 25.6. The molecule has 0 aliphatic carbocycles. The Morgan fingerprint density at radius 1 is 1.09 bits per heavy atom. The molecule has 8 heteroatoms. The number of aliphatic hydroxyl groups is 1. The molecule has 8 nitrogen and oxygen atoms in total. The van der Waals surface area contributed by atoms with Gasteiger partial charge in [-0.05, 0) is 38.5 Å². The molecular weight excluding hydrogens is 446 g/mol. The smallest absolute Gasteiger partial charge is 0.248 e. The number of hydrogen-bond acceptors (Lipinski definition) is 5. The molecule has 3 rings (SSSR count). The summed E-state index contributed by atoms with van der Waals surface area (Å²) in [6.45, 7) is 14.1. The van der Waals surface area contributed by atoms with E-state index in [4.69, 9.17) is 4.74 Å². The summed E-state index contributed by atoms with van der Waals surface area (Å²) >= 11 is 0. The standard InChI is InChI=1S/C27H43N3O5/c1-5-9-17-29(16-8-4)26(34)23-27-13-12-20(35-27)21(24(32)28(14-6-2)15-7-3)22(27)25(33)30(23)18-10-11-19-31/h6,8,20-23,31H,2,4-5,7,9-19H2,1,3H3/t20-,21+,22+,23?,27?/m1/s1. The van der Waals surface area contributed by atoms with Crippen molar-refractivity contribution < 1.29 is 24.2 Å². The van der Waals surface area contributed by atoms with Crippen LogP contribution in [0.1, 0.15) is 58.8 Å².